The molecular weight excluding hydrogens is 586 g/mol. The summed E-state index contributed by atoms with van der Waals surface area (Å²) >= 11 is 0. The summed E-state index contributed by atoms with van der Waals surface area (Å²) in [4.78, 5) is 38.5. The number of carbonyl (C=O) groups is 2. The van der Waals surface area contributed by atoms with Crippen molar-refractivity contribution in [2.45, 2.75) is 82.9 Å². The fourth-order valence-corrected chi connectivity index (χ4v) is 6.85. The second-order valence-electron chi connectivity index (χ2n) is 13.3. The van der Waals surface area contributed by atoms with E-state index in [1.807, 2.05) is 45.2 Å². The molecule has 3 aliphatic rings. The van der Waals surface area contributed by atoms with Crippen molar-refractivity contribution in [2.75, 3.05) is 13.2 Å². The minimum atomic E-state index is -0.946. The van der Waals surface area contributed by atoms with E-state index < -0.39 is 17.8 Å². The number of hydrogen-bond donors (Lipinski definition) is 3. The topological polar surface area (TPSA) is 143 Å². The van der Waals surface area contributed by atoms with Gasteiger partial charge in [0.15, 0.2) is 0 Å². The monoisotopic (exact) mass is 625 g/mol. The third-order valence-electron chi connectivity index (χ3n) is 9.01. The van der Waals surface area contributed by atoms with Gasteiger partial charge in [-0.15, -0.1) is 0 Å². The first kappa shape index (κ1) is 29.9. The predicted octanol–water partition coefficient (Wildman–Crippen LogP) is 7.31. The second-order valence-corrected chi connectivity index (χ2v) is 13.3. The average Bonchev–Trinajstić information content (AvgIpc) is 3.82. The molecule has 2 aromatic carbocycles. The molecule has 2 amide bonds. The molecule has 4 heterocycles. The molecule has 3 atom stereocenters. The van der Waals surface area contributed by atoms with Crippen LogP contribution in [0.1, 0.15) is 82.3 Å². The van der Waals surface area contributed by atoms with Gasteiger partial charge in [-0.3, -0.25) is 4.90 Å². The van der Waals surface area contributed by atoms with Crippen molar-refractivity contribution >= 4 is 12.2 Å². The van der Waals surface area contributed by atoms with Gasteiger partial charge in [-0.25, -0.2) is 19.6 Å². The Balaban J connectivity index is 1.07. The highest BCUT2D eigenvalue weighted by Crippen LogP contribution is 2.41. The number of oxazole rings is 1. The number of carboxylic acid groups (broad SMARTS) is 1. The molecule has 2 aliphatic heterocycles. The van der Waals surface area contributed by atoms with Crippen LogP contribution >= 0.6 is 0 Å². The lowest BCUT2D eigenvalue weighted by Crippen LogP contribution is -2.40. The van der Waals surface area contributed by atoms with E-state index in [0.717, 1.165) is 76.7 Å². The van der Waals surface area contributed by atoms with Crippen LogP contribution in [0.15, 0.2) is 53.1 Å². The molecule has 0 bridgehead atoms. The highest BCUT2D eigenvalue weighted by Gasteiger charge is 2.36. The number of alkyl carbamates (subject to hydrolysis) is 1. The smallest absolute Gasteiger partial charge is 0.407 e. The Bertz CT molecular complexity index is 1750. The molecular formula is C35H39N5O6. The van der Waals surface area contributed by atoms with Crippen molar-refractivity contribution < 1.29 is 28.6 Å². The molecule has 0 spiro atoms. The zero-order chi connectivity index (χ0) is 32.0. The molecule has 11 heteroatoms. The zero-order valence-corrected chi connectivity index (χ0v) is 26.3. The molecule has 46 heavy (non-hydrogen) atoms. The number of aromatic nitrogens is 3. The molecule has 4 aromatic rings. The summed E-state index contributed by atoms with van der Waals surface area (Å²) in [5.41, 5.74) is 5.03. The minimum absolute atomic E-state index is 0.0197. The molecule has 1 saturated heterocycles. The molecule has 1 saturated carbocycles. The van der Waals surface area contributed by atoms with Gasteiger partial charge in [0.2, 0.25) is 5.89 Å². The van der Waals surface area contributed by atoms with E-state index in [1.54, 1.807) is 0 Å². The van der Waals surface area contributed by atoms with Crippen molar-refractivity contribution in [2.24, 2.45) is 0 Å². The molecule has 2 aromatic heterocycles. The van der Waals surface area contributed by atoms with Crippen molar-refractivity contribution in [3.63, 3.8) is 0 Å². The van der Waals surface area contributed by atoms with E-state index in [1.165, 1.54) is 4.90 Å². The molecule has 2 fully saturated rings. The number of likely N-dealkylation sites (tertiary alicyclic amines) is 1. The largest absolute Gasteiger partial charge is 0.492 e. The summed E-state index contributed by atoms with van der Waals surface area (Å²) in [5.74, 6) is 2.90. The van der Waals surface area contributed by atoms with Crippen LogP contribution in [0.3, 0.4) is 0 Å². The van der Waals surface area contributed by atoms with Crippen LogP contribution < -0.4 is 10.1 Å². The Hall–Kier alpha value is -4.80. The average molecular weight is 626 g/mol. The van der Waals surface area contributed by atoms with Crippen molar-refractivity contribution in [1.29, 1.82) is 0 Å². The zero-order valence-electron chi connectivity index (χ0n) is 26.3. The highest BCUT2D eigenvalue weighted by molar-refractivity contribution is 5.77. The summed E-state index contributed by atoms with van der Waals surface area (Å²) < 4.78 is 17.7. The van der Waals surface area contributed by atoms with Crippen LogP contribution in [-0.4, -0.2) is 61.9 Å². The quantitative estimate of drug-likeness (QED) is 0.210. The molecule has 1 unspecified atom stereocenters. The van der Waals surface area contributed by atoms with Gasteiger partial charge in [-0.2, -0.15) is 0 Å². The maximum atomic E-state index is 12.4. The SMILES string of the molecule is CC(C)(C)OC(=O)N[C@@H]1CCC[C@@H]1c1ncc(-c2ccc(-c3ccc4c(c3)OCCc3oc(C5CCCN5C(=O)O)nc3-4)cc2)[nH]1. The number of ether oxygens (including phenoxy) is 2. The second kappa shape index (κ2) is 11.9. The molecule has 240 valence electrons. The normalized spacial score (nSPS) is 20.8. The van der Waals surface area contributed by atoms with E-state index in [9.17, 15) is 14.7 Å². The number of fused-ring (bicyclic) bond motifs is 3. The van der Waals surface area contributed by atoms with Gasteiger partial charge in [0.25, 0.3) is 0 Å². The first-order valence-corrected chi connectivity index (χ1v) is 16.0. The van der Waals surface area contributed by atoms with E-state index in [4.69, 9.17) is 23.9 Å². The molecule has 7 rings (SSSR count). The van der Waals surface area contributed by atoms with E-state index in [-0.39, 0.29) is 18.0 Å². The third kappa shape index (κ3) is 5.93. The first-order chi connectivity index (χ1) is 22.1. The van der Waals surface area contributed by atoms with Crippen LogP contribution in [0.25, 0.3) is 33.6 Å². The fraction of sp³-hybridized carbons (Fsp3) is 0.429. The van der Waals surface area contributed by atoms with E-state index in [0.29, 0.717) is 31.9 Å². The van der Waals surface area contributed by atoms with E-state index >= 15 is 0 Å². The number of imidazole rings is 1. The lowest BCUT2D eigenvalue weighted by Gasteiger charge is -2.24. The number of rotatable bonds is 5. The molecule has 11 nitrogen and oxygen atoms in total. The van der Waals surface area contributed by atoms with Crippen molar-refractivity contribution in [1.82, 2.24) is 25.2 Å². The number of benzene rings is 2. The Morgan fingerprint density at radius 2 is 1.83 bits per heavy atom. The van der Waals surface area contributed by atoms with Gasteiger partial charge < -0.3 is 29.3 Å². The van der Waals surface area contributed by atoms with Gasteiger partial charge >= 0.3 is 12.2 Å². The summed E-state index contributed by atoms with van der Waals surface area (Å²) in [6, 6.07) is 14.0. The summed E-state index contributed by atoms with van der Waals surface area (Å²) in [6.45, 7) is 6.52. The third-order valence-corrected chi connectivity index (χ3v) is 9.01. The van der Waals surface area contributed by atoms with Gasteiger partial charge in [-0.1, -0.05) is 36.8 Å². The summed E-state index contributed by atoms with van der Waals surface area (Å²) in [5, 5.41) is 12.6. The van der Waals surface area contributed by atoms with Gasteiger partial charge in [-0.05, 0) is 75.3 Å². The maximum Gasteiger partial charge on any atom is 0.407 e. The maximum absolute atomic E-state index is 12.4. The number of H-pyrrole nitrogens is 1. The van der Waals surface area contributed by atoms with Crippen molar-refractivity contribution in [3.8, 4) is 39.4 Å². The van der Waals surface area contributed by atoms with Gasteiger partial charge in [0.05, 0.1) is 18.5 Å². The van der Waals surface area contributed by atoms with Crippen LogP contribution in [-0.2, 0) is 11.2 Å². The Morgan fingerprint density at radius 3 is 2.61 bits per heavy atom. The molecule has 1 aliphatic carbocycles. The Kier molecular flexibility index (Phi) is 7.70. The molecule has 0 radical (unpaired) electrons. The van der Waals surface area contributed by atoms with Gasteiger partial charge in [0.1, 0.15) is 34.7 Å². The number of aromatic amines is 1. The first-order valence-electron chi connectivity index (χ1n) is 16.0. The highest BCUT2D eigenvalue weighted by atomic mass is 16.6. The van der Waals surface area contributed by atoms with E-state index in [2.05, 4.69) is 34.6 Å². The van der Waals surface area contributed by atoms with Crippen LogP contribution in [0.2, 0.25) is 0 Å². The number of nitrogens with zero attached hydrogens (tertiary/aromatic N) is 3. The van der Waals surface area contributed by atoms with Gasteiger partial charge in [0, 0.05) is 30.5 Å². The fourth-order valence-electron chi connectivity index (χ4n) is 6.85. The summed E-state index contributed by atoms with van der Waals surface area (Å²) in [7, 11) is 0. The number of amides is 2. The number of hydrogen-bond acceptors (Lipinski definition) is 7. The standard InChI is InChI=1S/C35H39N5O6/c1-35(2,3)46-33(41)38-25-7-4-6-23(25)31-36-19-26(37-31)21-11-9-20(10-12-21)22-13-14-24-29(18-22)44-17-15-28-30(24)39-32(45-28)27-8-5-16-40(27)34(42)43/h9-14,18-19,23,25,27H,4-8,15-17H2,1-3H3,(H,36,37)(H,38,41)(H,42,43)/t23-,25+,27?/m0/s1. The lowest BCUT2D eigenvalue weighted by molar-refractivity contribution is 0.0500. The Labute approximate surface area is 267 Å². The Morgan fingerprint density at radius 1 is 1.04 bits per heavy atom. The minimum Gasteiger partial charge on any atom is -0.492 e. The van der Waals surface area contributed by atoms with Crippen LogP contribution in [0.5, 0.6) is 5.75 Å². The van der Waals surface area contributed by atoms with Crippen molar-refractivity contribution in [3.05, 3.63) is 66.1 Å². The number of carbonyl (C=O) groups excluding carboxylic acids is 1. The number of nitrogens with one attached hydrogen (secondary N) is 2. The van der Waals surface area contributed by atoms with Crippen LogP contribution in [0.4, 0.5) is 9.59 Å². The van der Waals surface area contributed by atoms with Crippen LogP contribution in [0, 0.1) is 0 Å². The summed E-state index contributed by atoms with van der Waals surface area (Å²) in [6.07, 6.45) is 5.44. The predicted molar refractivity (Wildman–Crippen MR) is 171 cm³/mol. The molecule has 3 N–H and O–H groups in total. The lowest BCUT2D eigenvalue weighted by atomic mass is 10.00.